The van der Waals surface area contributed by atoms with Gasteiger partial charge >= 0.3 is 0 Å². The molecular formula is C13H26N2. The molecule has 1 heterocycles. The summed E-state index contributed by atoms with van der Waals surface area (Å²) in [6, 6.07) is 0.459. The molecule has 0 aromatic heterocycles. The first kappa shape index (κ1) is 11.4. The molecule has 2 N–H and O–H groups in total. The minimum atomic E-state index is 0.459. The van der Waals surface area contributed by atoms with Crippen molar-refractivity contribution < 1.29 is 0 Å². The Morgan fingerprint density at radius 2 is 1.67 bits per heavy atom. The molecule has 2 nitrogen and oxygen atoms in total. The summed E-state index contributed by atoms with van der Waals surface area (Å²) in [5.41, 5.74) is 6.16. The number of nitrogens with two attached hydrogens (primary N) is 1. The topological polar surface area (TPSA) is 29.3 Å². The van der Waals surface area contributed by atoms with Gasteiger partial charge in [-0.25, -0.2) is 0 Å². The zero-order valence-corrected chi connectivity index (χ0v) is 10.3. The lowest BCUT2D eigenvalue weighted by atomic mass is 9.86. The van der Waals surface area contributed by atoms with E-state index in [-0.39, 0.29) is 0 Å². The molecule has 88 valence electrons. The summed E-state index contributed by atoms with van der Waals surface area (Å²) in [7, 11) is 0. The van der Waals surface area contributed by atoms with Crippen molar-refractivity contribution in [3.63, 3.8) is 0 Å². The zero-order valence-electron chi connectivity index (χ0n) is 10.3. The Morgan fingerprint density at radius 3 is 2.13 bits per heavy atom. The molecule has 1 aliphatic heterocycles. The number of hydrogen-bond acceptors (Lipinski definition) is 2. The van der Waals surface area contributed by atoms with Gasteiger partial charge in [0.15, 0.2) is 0 Å². The highest BCUT2D eigenvalue weighted by atomic mass is 15.1. The molecule has 0 aromatic carbocycles. The SMILES string of the molecule is CC(C)C1CCN(CC(N)C2CC2)CC1. The highest BCUT2D eigenvalue weighted by molar-refractivity contribution is 4.87. The Bertz CT molecular complexity index is 191. The van der Waals surface area contributed by atoms with E-state index in [9.17, 15) is 0 Å². The average Bonchev–Trinajstić information content (AvgIpc) is 3.01. The number of likely N-dealkylation sites (tertiary alicyclic amines) is 1. The molecule has 15 heavy (non-hydrogen) atoms. The molecule has 2 aliphatic rings. The third-order valence-corrected chi connectivity index (χ3v) is 4.27. The van der Waals surface area contributed by atoms with Crippen molar-refractivity contribution in [1.29, 1.82) is 0 Å². The fourth-order valence-corrected chi connectivity index (χ4v) is 2.77. The molecule has 0 bridgehead atoms. The second kappa shape index (κ2) is 4.84. The van der Waals surface area contributed by atoms with Crippen LogP contribution in [-0.2, 0) is 0 Å². The van der Waals surface area contributed by atoms with E-state index < -0.39 is 0 Å². The van der Waals surface area contributed by atoms with Gasteiger partial charge in [0.05, 0.1) is 0 Å². The van der Waals surface area contributed by atoms with Crippen molar-refractivity contribution in [2.24, 2.45) is 23.5 Å². The minimum absolute atomic E-state index is 0.459. The van der Waals surface area contributed by atoms with Gasteiger partial charge in [-0.15, -0.1) is 0 Å². The third-order valence-electron chi connectivity index (χ3n) is 4.27. The number of hydrogen-bond donors (Lipinski definition) is 1. The van der Waals surface area contributed by atoms with Crippen LogP contribution >= 0.6 is 0 Å². The van der Waals surface area contributed by atoms with E-state index in [4.69, 9.17) is 5.73 Å². The summed E-state index contributed by atoms with van der Waals surface area (Å²) < 4.78 is 0. The van der Waals surface area contributed by atoms with Crippen LogP contribution in [0.5, 0.6) is 0 Å². The average molecular weight is 210 g/mol. The van der Waals surface area contributed by atoms with E-state index in [0.29, 0.717) is 6.04 Å². The Morgan fingerprint density at radius 1 is 1.07 bits per heavy atom. The Kier molecular flexibility index (Phi) is 3.68. The summed E-state index contributed by atoms with van der Waals surface area (Å²) in [5.74, 6) is 2.68. The van der Waals surface area contributed by atoms with Gasteiger partial charge in [-0.3, -0.25) is 0 Å². The van der Waals surface area contributed by atoms with Crippen LogP contribution in [0.4, 0.5) is 0 Å². The highest BCUT2D eigenvalue weighted by Gasteiger charge is 2.30. The maximum absolute atomic E-state index is 6.16. The van der Waals surface area contributed by atoms with E-state index in [2.05, 4.69) is 18.7 Å². The highest BCUT2D eigenvalue weighted by Crippen LogP contribution is 2.32. The van der Waals surface area contributed by atoms with Crippen LogP contribution in [0.3, 0.4) is 0 Å². The maximum Gasteiger partial charge on any atom is 0.0196 e. The second-order valence-electron chi connectivity index (χ2n) is 5.88. The van der Waals surface area contributed by atoms with Crippen molar-refractivity contribution in [3.8, 4) is 0 Å². The van der Waals surface area contributed by atoms with Gasteiger partial charge in [-0.05, 0) is 56.5 Å². The fourth-order valence-electron chi connectivity index (χ4n) is 2.77. The molecule has 0 amide bonds. The predicted octanol–water partition coefficient (Wildman–Crippen LogP) is 2.09. The van der Waals surface area contributed by atoms with Gasteiger partial charge in [0.25, 0.3) is 0 Å². The van der Waals surface area contributed by atoms with Crippen molar-refractivity contribution >= 4 is 0 Å². The van der Waals surface area contributed by atoms with Crippen molar-refractivity contribution in [2.75, 3.05) is 19.6 Å². The monoisotopic (exact) mass is 210 g/mol. The van der Waals surface area contributed by atoms with Crippen LogP contribution in [0.15, 0.2) is 0 Å². The summed E-state index contributed by atoms with van der Waals surface area (Å²) >= 11 is 0. The second-order valence-corrected chi connectivity index (χ2v) is 5.88. The number of nitrogens with zero attached hydrogens (tertiary/aromatic N) is 1. The predicted molar refractivity (Wildman–Crippen MR) is 64.7 cm³/mol. The molecule has 2 rings (SSSR count). The van der Waals surface area contributed by atoms with Crippen LogP contribution in [-0.4, -0.2) is 30.6 Å². The maximum atomic E-state index is 6.16. The largest absolute Gasteiger partial charge is 0.326 e. The molecule has 2 heteroatoms. The fraction of sp³-hybridized carbons (Fsp3) is 1.00. The van der Waals surface area contributed by atoms with E-state index in [1.165, 1.54) is 38.8 Å². The van der Waals surface area contributed by atoms with Crippen LogP contribution in [0.2, 0.25) is 0 Å². The molecule has 0 spiro atoms. The first-order valence-corrected chi connectivity index (χ1v) is 6.64. The lowest BCUT2D eigenvalue weighted by Gasteiger charge is -2.35. The van der Waals surface area contributed by atoms with Gasteiger partial charge in [0.2, 0.25) is 0 Å². The van der Waals surface area contributed by atoms with Gasteiger partial charge in [0, 0.05) is 12.6 Å². The van der Waals surface area contributed by atoms with E-state index in [1.54, 1.807) is 0 Å². The molecule has 1 saturated heterocycles. The quantitative estimate of drug-likeness (QED) is 0.770. The Labute approximate surface area is 94.2 Å². The normalized spacial score (nSPS) is 27.2. The molecule has 1 atom stereocenters. The molecule has 0 radical (unpaired) electrons. The molecule has 1 saturated carbocycles. The van der Waals surface area contributed by atoms with Crippen molar-refractivity contribution in [2.45, 2.75) is 45.6 Å². The number of piperidine rings is 1. The summed E-state index contributed by atoms with van der Waals surface area (Å²) in [5, 5.41) is 0. The van der Waals surface area contributed by atoms with Crippen molar-refractivity contribution in [3.05, 3.63) is 0 Å². The van der Waals surface area contributed by atoms with E-state index in [1.807, 2.05) is 0 Å². The van der Waals surface area contributed by atoms with Crippen LogP contribution in [0.1, 0.15) is 39.5 Å². The lowest BCUT2D eigenvalue weighted by molar-refractivity contribution is 0.148. The summed E-state index contributed by atoms with van der Waals surface area (Å²) in [4.78, 5) is 2.59. The first-order valence-electron chi connectivity index (χ1n) is 6.64. The van der Waals surface area contributed by atoms with Gasteiger partial charge in [-0.2, -0.15) is 0 Å². The van der Waals surface area contributed by atoms with Gasteiger partial charge < -0.3 is 10.6 Å². The summed E-state index contributed by atoms with van der Waals surface area (Å²) in [6.07, 6.45) is 5.53. The van der Waals surface area contributed by atoms with Crippen LogP contribution < -0.4 is 5.73 Å². The van der Waals surface area contributed by atoms with Gasteiger partial charge in [0.1, 0.15) is 0 Å². The summed E-state index contributed by atoms with van der Waals surface area (Å²) in [6.45, 7) is 8.43. The van der Waals surface area contributed by atoms with E-state index >= 15 is 0 Å². The minimum Gasteiger partial charge on any atom is -0.326 e. The molecule has 1 aliphatic carbocycles. The molecule has 2 fully saturated rings. The van der Waals surface area contributed by atoms with Crippen LogP contribution in [0, 0.1) is 17.8 Å². The standard InChI is InChI=1S/C13H26N2/c1-10(2)11-5-7-15(8-6-11)9-13(14)12-3-4-12/h10-13H,3-9,14H2,1-2H3. The van der Waals surface area contributed by atoms with E-state index in [0.717, 1.165) is 24.3 Å². The van der Waals surface area contributed by atoms with Crippen LogP contribution in [0.25, 0.3) is 0 Å². The third kappa shape index (κ3) is 3.18. The van der Waals surface area contributed by atoms with Gasteiger partial charge in [-0.1, -0.05) is 13.8 Å². The smallest absolute Gasteiger partial charge is 0.0196 e. The first-order chi connectivity index (χ1) is 7.16. The lowest BCUT2D eigenvalue weighted by Crippen LogP contribution is -2.43. The van der Waals surface area contributed by atoms with Crippen molar-refractivity contribution in [1.82, 2.24) is 4.90 Å². The Balaban J connectivity index is 1.68. The molecule has 1 unspecified atom stereocenters. The number of rotatable bonds is 4. The molecular weight excluding hydrogens is 184 g/mol. The Hall–Kier alpha value is -0.0800. The molecule has 0 aromatic rings. The zero-order chi connectivity index (χ0) is 10.8.